The zero-order chi connectivity index (χ0) is 22.4. The topological polar surface area (TPSA) is 103 Å². The van der Waals surface area contributed by atoms with Crippen LogP contribution >= 0.6 is 11.3 Å². The highest BCUT2D eigenvalue weighted by molar-refractivity contribution is 7.89. The minimum absolute atomic E-state index is 0.130. The lowest BCUT2D eigenvalue weighted by Gasteiger charge is -2.19. The van der Waals surface area contributed by atoms with E-state index >= 15 is 0 Å². The van der Waals surface area contributed by atoms with Crippen LogP contribution in [-0.2, 0) is 26.2 Å². The lowest BCUT2D eigenvalue weighted by Crippen LogP contribution is -2.31. The summed E-state index contributed by atoms with van der Waals surface area (Å²) in [6, 6.07) is 10.2. The Morgan fingerprint density at radius 3 is 2.53 bits per heavy atom. The Morgan fingerprint density at radius 2 is 1.84 bits per heavy atom. The number of hydrogen-bond donors (Lipinski definition) is 0. The molecule has 0 saturated carbocycles. The summed E-state index contributed by atoms with van der Waals surface area (Å²) in [5.74, 6) is 0.0252. The molecule has 32 heavy (non-hydrogen) atoms. The largest absolute Gasteiger partial charge is 0.452 e. The molecule has 0 aliphatic carbocycles. The number of benzene rings is 1. The van der Waals surface area contributed by atoms with Crippen LogP contribution in [0.5, 0.6) is 0 Å². The van der Waals surface area contributed by atoms with Gasteiger partial charge >= 0.3 is 5.97 Å². The van der Waals surface area contributed by atoms with Crippen molar-refractivity contribution in [3.63, 3.8) is 0 Å². The molecule has 1 aliphatic heterocycles. The van der Waals surface area contributed by atoms with Crippen molar-refractivity contribution < 1.29 is 22.4 Å². The molecule has 0 N–H and O–H groups in total. The summed E-state index contributed by atoms with van der Waals surface area (Å²) in [5.41, 5.74) is 0.689. The van der Waals surface area contributed by atoms with Crippen LogP contribution in [0, 0.1) is 0 Å². The van der Waals surface area contributed by atoms with E-state index in [0.29, 0.717) is 24.5 Å². The van der Waals surface area contributed by atoms with Gasteiger partial charge < -0.3 is 9.15 Å². The normalized spacial score (nSPS) is 15.6. The van der Waals surface area contributed by atoms with E-state index in [1.165, 1.54) is 17.4 Å². The number of hydrogen-bond acceptors (Lipinski definition) is 8. The Bertz CT molecular complexity index is 1160. The maximum atomic E-state index is 12.8. The molecule has 0 spiro atoms. The molecule has 0 unspecified atom stereocenters. The number of esters is 1. The molecule has 0 atom stereocenters. The van der Waals surface area contributed by atoms with Crippen LogP contribution in [-0.4, -0.2) is 42.0 Å². The van der Waals surface area contributed by atoms with Crippen LogP contribution < -0.4 is 0 Å². The van der Waals surface area contributed by atoms with Crippen molar-refractivity contribution in [3.05, 3.63) is 59.3 Å². The van der Waals surface area contributed by atoms with Crippen LogP contribution in [0.1, 0.15) is 37.1 Å². The fourth-order valence-corrected chi connectivity index (χ4v) is 5.50. The summed E-state index contributed by atoms with van der Waals surface area (Å²) in [4.78, 5) is 13.1. The molecular formula is C22H23N3O5S2. The molecule has 1 aromatic carbocycles. The zero-order valence-electron chi connectivity index (χ0n) is 17.3. The first-order valence-corrected chi connectivity index (χ1v) is 12.7. The molecule has 2 aromatic heterocycles. The van der Waals surface area contributed by atoms with E-state index in [2.05, 4.69) is 10.2 Å². The SMILES string of the molecule is O=C(/C=C/c1ccc(S(=O)(=O)N2CCCCCC2)cc1)OCc1nnc(-c2cccs2)o1. The van der Waals surface area contributed by atoms with Gasteiger partial charge in [0.25, 0.3) is 11.8 Å². The molecule has 3 aromatic rings. The van der Waals surface area contributed by atoms with E-state index < -0.39 is 16.0 Å². The first kappa shape index (κ1) is 22.4. The summed E-state index contributed by atoms with van der Waals surface area (Å²) in [5, 5.41) is 9.70. The third-order valence-electron chi connectivity index (χ3n) is 5.03. The Labute approximate surface area is 190 Å². The van der Waals surface area contributed by atoms with Crippen LogP contribution in [0.3, 0.4) is 0 Å². The predicted molar refractivity (Wildman–Crippen MR) is 120 cm³/mol. The third kappa shape index (κ3) is 5.50. The first-order chi connectivity index (χ1) is 15.5. The third-order valence-corrected chi connectivity index (χ3v) is 7.80. The van der Waals surface area contributed by atoms with Gasteiger partial charge in [0.1, 0.15) is 0 Å². The number of ether oxygens (including phenoxy) is 1. The monoisotopic (exact) mass is 473 g/mol. The van der Waals surface area contributed by atoms with Crippen LogP contribution in [0.2, 0.25) is 0 Å². The molecular weight excluding hydrogens is 450 g/mol. The van der Waals surface area contributed by atoms with Crippen molar-refractivity contribution in [2.24, 2.45) is 0 Å². The number of thiophene rings is 1. The van der Waals surface area contributed by atoms with E-state index in [1.54, 1.807) is 34.6 Å². The number of rotatable bonds is 7. The van der Waals surface area contributed by atoms with Gasteiger partial charge in [-0.3, -0.25) is 0 Å². The van der Waals surface area contributed by atoms with Gasteiger partial charge in [-0.05, 0) is 48.1 Å². The number of carbonyl (C=O) groups is 1. The maximum Gasteiger partial charge on any atom is 0.331 e. The highest BCUT2D eigenvalue weighted by Gasteiger charge is 2.24. The Balaban J connectivity index is 1.32. The van der Waals surface area contributed by atoms with Crippen molar-refractivity contribution >= 4 is 33.4 Å². The molecule has 4 rings (SSSR count). The summed E-state index contributed by atoms with van der Waals surface area (Å²) in [7, 11) is -3.49. The Kier molecular flexibility index (Phi) is 7.13. The lowest BCUT2D eigenvalue weighted by atomic mass is 10.2. The van der Waals surface area contributed by atoms with E-state index in [0.717, 1.165) is 30.6 Å². The lowest BCUT2D eigenvalue weighted by molar-refractivity contribution is -0.139. The first-order valence-electron chi connectivity index (χ1n) is 10.3. The van der Waals surface area contributed by atoms with Crippen LogP contribution in [0.25, 0.3) is 16.8 Å². The van der Waals surface area contributed by atoms with Crippen LogP contribution in [0.4, 0.5) is 0 Å². The summed E-state index contributed by atoms with van der Waals surface area (Å²) in [6.07, 6.45) is 6.74. The quantitative estimate of drug-likeness (QED) is 0.376. The number of sulfonamides is 1. The van der Waals surface area contributed by atoms with E-state index in [9.17, 15) is 13.2 Å². The average molecular weight is 474 g/mol. The van der Waals surface area contributed by atoms with Crippen LogP contribution in [0.15, 0.2) is 57.2 Å². The Hall–Kier alpha value is -2.82. The molecule has 10 heteroatoms. The van der Waals surface area contributed by atoms with Crippen molar-refractivity contribution in [2.75, 3.05) is 13.1 Å². The highest BCUT2D eigenvalue weighted by atomic mass is 32.2. The van der Waals surface area contributed by atoms with E-state index in [-0.39, 0.29) is 17.4 Å². The van der Waals surface area contributed by atoms with Gasteiger partial charge in [0, 0.05) is 19.2 Å². The molecule has 1 fully saturated rings. The van der Waals surface area contributed by atoms with E-state index in [1.807, 2.05) is 17.5 Å². The fourth-order valence-electron chi connectivity index (χ4n) is 3.34. The summed E-state index contributed by atoms with van der Waals surface area (Å²) >= 11 is 1.48. The minimum Gasteiger partial charge on any atom is -0.452 e. The molecule has 0 amide bonds. The molecule has 1 aliphatic rings. The number of nitrogens with zero attached hydrogens (tertiary/aromatic N) is 3. The van der Waals surface area contributed by atoms with Gasteiger partial charge in [0.2, 0.25) is 10.0 Å². The molecule has 3 heterocycles. The van der Waals surface area contributed by atoms with Gasteiger partial charge in [-0.15, -0.1) is 21.5 Å². The van der Waals surface area contributed by atoms with Gasteiger partial charge in [0.15, 0.2) is 6.61 Å². The predicted octanol–water partition coefficient (Wildman–Crippen LogP) is 4.12. The van der Waals surface area contributed by atoms with Crippen molar-refractivity contribution in [2.45, 2.75) is 37.2 Å². The summed E-state index contributed by atoms with van der Waals surface area (Å²) < 4.78 is 37.8. The maximum absolute atomic E-state index is 12.8. The smallest absolute Gasteiger partial charge is 0.331 e. The highest BCUT2D eigenvalue weighted by Crippen LogP contribution is 2.23. The van der Waals surface area contributed by atoms with E-state index in [4.69, 9.17) is 9.15 Å². The molecule has 168 valence electrons. The van der Waals surface area contributed by atoms with Gasteiger partial charge in [-0.1, -0.05) is 31.0 Å². The summed E-state index contributed by atoms with van der Waals surface area (Å²) in [6.45, 7) is 0.990. The molecule has 8 nitrogen and oxygen atoms in total. The second-order valence-electron chi connectivity index (χ2n) is 7.31. The number of carbonyl (C=O) groups excluding carboxylic acids is 1. The fraction of sp³-hybridized carbons (Fsp3) is 0.318. The molecule has 0 bridgehead atoms. The average Bonchev–Trinajstić information content (AvgIpc) is 3.42. The van der Waals surface area contributed by atoms with Gasteiger partial charge in [0.05, 0.1) is 9.77 Å². The zero-order valence-corrected chi connectivity index (χ0v) is 19.0. The minimum atomic E-state index is -3.49. The van der Waals surface area contributed by atoms with Crippen molar-refractivity contribution in [1.29, 1.82) is 0 Å². The second kappa shape index (κ2) is 10.2. The van der Waals surface area contributed by atoms with Crippen molar-refractivity contribution in [1.82, 2.24) is 14.5 Å². The molecule has 0 radical (unpaired) electrons. The number of aromatic nitrogens is 2. The Morgan fingerprint density at radius 1 is 1.09 bits per heavy atom. The van der Waals surface area contributed by atoms with Crippen molar-refractivity contribution in [3.8, 4) is 10.8 Å². The standard InChI is InChI=1S/C22H23N3O5S2/c26-21(29-16-20-23-24-22(30-20)19-6-5-15-31-19)12-9-17-7-10-18(11-8-17)32(27,28)25-13-3-1-2-4-14-25/h5-12,15H,1-4,13-14,16H2/b12-9+. The molecule has 1 saturated heterocycles. The second-order valence-corrected chi connectivity index (χ2v) is 10.2. The van der Waals surface area contributed by atoms with Gasteiger partial charge in [-0.25, -0.2) is 13.2 Å². The van der Waals surface area contributed by atoms with Gasteiger partial charge in [-0.2, -0.15) is 4.31 Å².